The van der Waals surface area contributed by atoms with Gasteiger partial charge >= 0.3 is 0 Å². The summed E-state index contributed by atoms with van der Waals surface area (Å²) in [6, 6.07) is 5.75. The van der Waals surface area contributed by atoms with Crippen LogP contribution in [0.5, 0.6) is 5.75 Å². The average Bonchev–Trinajstić information content (AvgIpc) is 2.04. The third-order valence-electron chi connectivity index (χ3n) is 1.32. The average molecular weight is 258 g/mol. The van der Waals surface area contributed by atoms with Crippen molar-refractivity contribution in [3.8, 4) is 18.1 Å². The third-order valence-corrected chi connectivity index (χ3v) is 1.99. The highest BCUT2D eigenvalue weighted by Crippen LogP contribution is 2.19. The van der Waals surface area contributed by atoms with Gasteiger partial charge in [0, 0.05) is 3.57 Å². The maximum absolute atomic E-state index is 5.26. The van der Waals surface area contributed by atoms with Crippen molar-refractivity contribution >= 4 is 22.6 Å². The van der Waals surface area contributed by atoms with Gasteiger partial charge in [0.15, 0.2) is 0 Å². The second-order valence-electron chi connectivity index (χ2n) is 1.99. The molecule has 0 aliphatic rings. The highest BCUT2D eigenvalue weighted by molar-refractivity contribution is 14.1. The molecule has 56 valence electrons. The Labute approximate surface area is 79.9 Å². The summed E-state index contributed by atoms with van der Waals surface area (Å²) in [6.45, 7) is 0. The summed E-state index contributed by atoms with van der Waals surface area (Å²) in [6.07, 6.45) is 5.26. The molecular weight excluding hydrogens is 251 g/mol. The maximum Gasteiger partial charge on any atom is 0.134 e. The molecule has 1 aromatic rings. The quantitative estimate of drug-likeness (QED) is 0.554. The van der Waals surface area contributed by atoms with E-state index < -0.39 is 0 Å². The summed E-state index contributed by atoms with van der Waals surface area (Å²) in [5.41, 5.74) is 0.805. The molecule has 0 atom stereocenters. The van der Waals surface area contributed by atoms with Crippen molar-refractivity contribution in [3.05, 3.63) is 27.3 Å². The number of ether oxygens (including phenoxy) is 1. The van der Waals surface area contributed by atoms with Crippen LogP contribution >= 0.6 is 22.6 Å². The van der Waals surface area contributed by atoms with Gasteiger partial charge in [-0.15, -0.1) is 6.42 Å². The monoisotopic (exact) mass is 258 g/mol. The van der Waals surface area contributed by atoms with Gasteiger partial charge in [0.05, 0.1) is 12.7 Å². The maximum atomic E-state index is 5.26. The van der Waals surface area contributed by atoms with Crippen LogP contribution in [0.4, 0.5) is 0 Å². The molecule has 0 amide bonds. The Morgan fingerprint density at radius 2 is 2.27 bits per heavy atom. The normalized spacial score (nSPS) is 8.82. The van der Waals surface area contributed by atoms with E-state index in [-0.39, 0.29) is 0 Å². The molecule has 0 saturated heterocycles. The van der Waals surface area contributed by atoms with E-state index in [9.17, 15) is 0 Å². The van der Waals surface area contributed by atoms with Crippen LogP contribution in [-0.4, -0.2) is 7.11 Å². The minimum absolute atomic E-state index is 0.757. The molecule has 2 heteroatoms. The number of hydrogen-bond acceptors (Lipinski definition) is 1. The molecule has 0 unspecified atom stereocenters. The molecule has 0 bridgehead atoms. The van der Waals surface area contributed by atoms with Crippen LogP contribution in [0.15, 0.2) is 18.2 Å². The van der Waals surface area contributed by atoms with Gasteiger partial charge in [-0.2, -0.15) is 0 Å². The van der Waals surface area contributed by atoms with Crippen molar-refractivity contribution < 1.29 is 4.74 Å². The minimum atomic E-state index is 0.757. The van der Waals surface area contributed by atoms with E-state index in [0.717, 1.165) is 14.9 Å². The van der Waals surface area contributed by atoms with E-state index in [1.807, 2.05) is 18.2 Å². The minimum Gasteiger partial charge on any atom is -0.495 e. The first-order valence-corrected chi connectivity index (χ1v) is 4.16. The number of hydrogen-bond donors (Lipinski definition) is 0. The van der Waals surface area contributed by atoms with Crippen molar-refractivity contribution in [2.75, 3.05) is 7.11 Å². The Bertz CT molecular complexity index is 299. The summed E-state index contributed by atoms with van der Waals surface area (Å²) in [5, 5.41) is 0. The van der Waals surface area contributed by atoms with Crippen LogP contribution < -0.4 is 4.74 Å². The van der Waals surface area contributed by atoms with Crippen molar-refractivity contribution in [1.29, 1.82) is 0 Å². The van der Waals surface area contributed by atoms with E-state index in [1.165, 1.54) is 0 Å². The molecule has 0 heterocycles. The zero-order valence-electron chi connectivity index (χ0n) is 6.10. The number of methoxy groups -OCH3 is 1. The third kappa shape index (κ3) is 1.87. The van der Waals surface area contributed by atoms with Crippen LogP contribution in [0, 0.1) is 15.9 Å². The molecule has 0 fully saturated rings. The van der Waals surface area contributed by atoms with E-state index in [0.29, 0.717) is 0 Å². The van der Waals surface area contributed by atoms with E-state index >= 15 is 0 Å². The molecule has 0 aromatic heterocycles. The molecule has 11 heavy (non-hydrogen) atoms. The van der Waals surface area contributed by atoms with Gasteiger partial charge in [0.1, 0.15) is 5.75 Å². The molecule has 1 rings (SSSR count). The molecular formula is C9H7IO. The largest absolute Gasteiger partial charge is 0.495 e. The lowest BCUT2D eigenvalue weighted by Gasteiger charge is -2.02. The molecule has 0 aliphatic heterocycles. The standard InChI is InChI=1S/C9H7IO/c1-3-7-6-8(10)4-5-9(7)11-2/h1,4-6H,2H3. The van der Waals surface area contributed by atoms with E-state index in [4.69, 9.17) is 11.2 Å². The summed E-state index contributed by atoms with van der Waals surface area (Å²) in [4.78, 5) is 0. The van der Waals surface area contributed by atoms with Crippen LogP contribution in [0.25, 0.3) is 0 Å². The van der Waals surface area contributed by atoms with Crippen molar-refractivity contribution in [2.24, 2.45) is 0 Å². The Hall–Kier alpha value is -0.690. The zero-order valence-corrected chi connectivity index (χ0v) is 8.25. The summed E-state index contributed by atoms with van der Waals surface area (Å²) >= 11 is 2.21. The molecule has 0 spiro atoms. The highest BCUT2D eigenvalue weighted by Gasteiger charge is 1.98. The van der Waals surface area contributed by atoms with Crippen molar-refractivity contribution in [1.82, 2.24) is 0 Å². The number of halogens is 1. The first kappa shape index (κ1) is 8.41. The fourth-order valence-corrected chi connectivity index (χ4v) is 1.28. The second-order valence-corrected chi connectivity index (χ2v) is 3.23. The molecule has 1 nitrogen and oxygen atoms in total. The molecule has 0 N–H and O–H groups in total. The van der Waals surface area contributed by atoms with Crippen LogP contribution in [0.1, 0.15) is 5.56 Å². The van der Waals surface area contributed by atoms with Gasteiger partial charge in [-0.25, -0.2) is 0 Å². The van der Waals surface area contributed by atoms with Crippen molar-refractivity contribution in [3.63, 3.8) is 0 Å². The van der Waals surface area contributed by atoms with Crippen LogP contribution in [0.3, 0.4) is 0 Å². The topological polar surface area (TPSA) is 9.23 Å². The molecule has 0 saturated carbocycles. The predicted octanol–water partition coefficient (Wildman–Crippen LogP) is 2.28. The Morgan fingerprint density at radius 3 is 2.82 bits per heavy atom. The summed E-state index contributed by atoms with van der Waals surface area (Å²) in [7, 11) is 1.61. The lowest BCUT2D eigenvalue weighted by molar-refractivity contribution is 0.413. The van der Waals surface area contributed by atoms with Gasteiger partial charge in [0.2, 0.25) is 0 Å². The SMILES string of the molecule is C#Cc1cc(I)ccc1OC. The predicted molar refractivity (Wildman–Crippen MR) is 53.6 cm³/mol. The molecule has 1 aromatic carbocycles. The van der Waals surface area contributed by atoms with Crippen LogP contribution in [0.2, 0.25) is 0 Å². The number of rotatable bonds is 1. The fourth-order valence-electron chi connectivity index (χ4n) is 0.793. The second kappa shape index (κ2) is 3.63. The van der Waals surface area contributed by atoms with Crippen LogP contribution in [-0.2, 0) is 0 Å². The summed E-state index contributed by atoms with van der Waals surface area (Å²) in [5.74, 6) is 3.31. The van der Waals surface area contributed by atoms with Gasteiger partial charge in [-0.1, -0.05) is 5.92 Å². The highest BCUT2D eigenvalue weighted by atomic mass is 127. The Kier molecular flexibility index (Phi) is 2.77. The first-order chi connectivity index (χ1) is 5.27. The Morgan fingerprint density at radius 1 is 1.55 bits per heavy atom. The molecule has 0 aliphatic carbocycles. The van der Waals surface area contributed by atoms with E-state index in [1.54, 1.807) is 7.11 Å². The van der Waals surface area contributed by atoms with Gasteiger partial charge < -0.3 is 4.74 Å². The van der Waals surface area contributed by atoms with E-state index in [2.05, 4.69) is 28.5 Å². The van der Waals surface area contributed by atoms with Crippen molar-refractivity contribution in [2.45, 2.75) is 0 Å². The lowest BCUT2D eigenvalue weighted by atomic mass is 10.2. The number of terminal acetylenes is 1. The van der Waals surface area contributed by atoms with Gasteiger partial charge in [-0.3, -0.25) is 0 Å². The summed E-state index contributed by atoms with van der Waals surface area (Å²) < 4.78 is 6.17. The smallest absolute Gasteiger partial charge is 0.134 e. The van der Waals surface area contributed by atoms with Gasteiger partial charge in [0.25, 0.3) is 0 Å². The zero-order chi connectivity index (χ0) is 8.27. The lowest BCUT2D eigenvalue weighted by Crippen LogP contribution is -1.87. The Balaban J connectivity index is 3.19. The first-order valence-electron chi connectivity index (χ1n) is 3.08. The van der Waals surface area contributed by atoms with Gasteiger partial charge in [-0.05, 0) is 40.8 Å². The molecule has 0 radical (unpaired) electrons. The fraction of sp³-hybridized carbons (Fsp3) is 0.111. The number of benzene rings is 1.